The molecule has 0 aliphatic carbocycles. The van der Waals surface area contributed by atoms with E-state index in [-0.39, 0.29) is 5.91 Å². The molecule has 5 nitrogen and oxygen atoms in total. The first-order valence-electron chi connectivity index (χ1n) is 6.80. The van der Waals surface area contributed by atoms with Crippen LogP contribution in [0.2, 0.25) is 0 Å². The van der Waals surface area contributed by atoms with E-state index in [4.69, 9.17) is 0 Å². The lowest BCUT2D eigenvalue weighted by molar-refractivity contribution is -0.116. The van der Waals surface area contributed by atoms with E-state index in [1.807, 2.05) is 12.1 Å². The summed E-state index contributed by atoms with van der Waals surface area (Å²) in [6.45, 7) is 2.16. The van der Waals surface area contributed by atoms with Crippen LogP contribution in [0.15, 0.2) is 32.9 Å². The maximum absolute atomic E-state index is 11.1. The molecule has 2 saturated heterocycles. The van der Waals surface area contributed by atoms with Crippen molar-refractivity contribution < 1.29 is 4.79 Å². The summed E-state index contributed by atoms with van der Waals surface area (Å²) in [4.78, 5) is 13.4. The molecule has 7 heteroatoms. The quantitative estimate of drug-likeness (QED) is 0.660. The number of hydrogen-bond donors (Lipinski definition) is 1. The Balaban J connectivity index is 1.79. The standard InChI is InChI=1S/C14H15BrN4OS/c15-11-4-3-10(12(7-11)19-5-1-2-6-19)8-16-18-14-17-13(20)9-21-14/h3-4,7-8H,1-2,5-6,9H2,(H,17,18,20). The highest BCUT2D eigenvalue weighted by atomic mass is 79.9. The molecule has 2 aliphatic heterocycles. The number of nitrogens with one attached hydrogen (secondary N) is 1. The molecule has 2 aliphatic rings. The molecule has 1 amide bonds. The zero-order valence-corrected chi connectivity index (χ0v) is 13.8. The molecule has 0 spiro atoms. The molecule has 21 heavy (non-hydrogen) atoms. The Morgan fingerprint density at radius 2 is 2.14 bits per heavy atom. The second-order valence-corrected chi connectivity index (χ2v) is 6.76. The molecule has 0 atom stereocenters. The first-order chi connectivity index (χ1) is 10.2. The largest absolute Gasteiger partial charge is 0.371 e. The number of rotatable bonds is 3. The van der Waals surface area contributed by atoms with Crippen molar-refractivity contribution in [1.29, 1.82) is 0 Å². The molecule has 110 valence electrons. The van der Waals surface area contributed by atoms with Crippen LogP contribution in [-0.4, -0.2) is 36.1 Å². The van der Waals surface area contributed by atoms with E-state index in [0.717, 1.165) is 23.1 Å². The molecule has 0 saturated carbocycles. The van der Waals surface area contributed by atoms with Crippen LogP contribution in [-0.2, 0) is 4.79 Å². The normalized spacial score (nSPS) is 20.7. The van der Waals surface area contributed by atoms with E-state index in [2.05, 4.69) is 42.4 Å². The fraction of sp³-hybridized carbons (Fsp3) is 0.357. The number of amidine groups is 1. The number of carbonyl (C=O) groups is 1. The highest BCUT2D eigenvalue weighted by molar-refractivity contribution is 9.10. The number of thioether (sulfide) groups is 1. The fourth-order valence-electron chi connectivity index (χ4n) is 2.38. The van der Waals surface area contributed by atoms with Crippen molar-refractivity contribution in [3.8, 4) is 0 Å². The van der Waals surface area contributed by atoms with Gasteiger partial charge in [0.15, 0.2) is 5.17 Å². The molecule has 0 unspecified atom stereocenters. The van der Waals surface area contributed by atoms with Crippen LogP contribution in [0.25, 0.3) is 0 Å². The van der Waals surface area contributed by atoms with Gasteiger partial charge >= 0.3 is 0 Å². The Bertz CT molecular complexity index is 611. The molecule has 0 bridgehead atoms. The van der Waals surface area contributed by atoms with Gasteiger partial charge in [0, 0.05) is 28.8 Å². The lowest BCUT2D eigenvalue weighted by atomic mass is 10.2. The fourth-order valence-corrected chi connectivity index (χ4v) is 3.36. The summed E-state index contributed by atoms with van der Waals surface area (Å²) < 4.78 is 1.06. The maximum atomic E-state index is 11.1. The second kappa shape index (κ2) is 6.62. The van der Waals surface area contributed by atoms with Crippen molar-refractivity contribution in [3.63, 3.8) is 0 Å². The highest BCUT2D eigenvalue weighted by Crippen LogP contribution is 2.27. The van der Waals surface area contributed by atoms with Crippen LogP contribution in [0.1, 0.15) is 18.4 Å². The minimum absolute atomic E-state index is 0.0182. The summed E-state index contributed by atoms with van der Waals surface area (Å²) in [6.07, 6.45) is 4.21. The van der Waals surface area contributed by atoms with Crippen LogP contribution >= 0.6 is 27.7 Å². The third-order valence-electron chi connectivity index (χ3n) is 3.37. The molecule has 2 fully saturated rings. The van der Waals surface area contributed by atoms with Crippen molar-refractivity contribution in [1.82, 2.24) is 5.32 Å². The lowest BCUT2D eigenvalue weighted by Crippen LogP contribution is -2.20. The van der Waals surface area contributed by atoms with Crippen LogP contribution in [0, 0.1) is 0 Å². The van der Waals surface area contributed by atoms with E-state index in [0.29, 0.717) is 10.9 Å². The molecule has 2 heterocycles. The summed E-state index contributed by atoms with van der Waals surface area (Å²) in [5, 5.41) is 11.4. The van der Waals surface area contributed by atoms with Gasteiger partial charge < -0.3 is 10.2 Å². The SMILES string of the molecule is O=C1CSC(=NN=Cc2ccc(Br)cc2N2CCCC2)N1. The Hall–Kier alpha value is -1.34. The van der Waals surface area contributed by atoms with Crippen molar-refractivity contribution in [2.45, 2.75) is 12.8 Å². The number of benzene rings is 1. The molecule has 0 radical (unpaired) electrons. The van der Waals surface area contributed by atoms with Gasteiger partial charge in [0.1, 0.15) is 0 Å². The summed E-state index contributed by atoms with van der Waals surface area (Å²) in [7, 11) is 0. The van der Waals surface area contributed by atoms with Gasteiger partial charge in [-0.25, -0.2) is 0 Å². The number of anilines is 1. The van der Waals surface area contributed by atoms with Gasteiger partial charge in [0.25, 0.3) is 0 Å². The van der Waals surface area contributed by atoms with Gasteiger partial charge in [-0.05, 0) is 25.0 Å². The molecule has 1 aromatic carbocycles. The number of halogens is 1. The summed E-state index contributed by atoms with van der Waals surface area (Å²) in [6, 6.07) is 6.15. The number of nitrogens with zero attached hydrogens (tertiary/aromatic N) is 3. The van der Waals surface area contributed by atoms with Crippen LogP contribution in [0.5, 0.6) is 0 Å². The molecule has 3 rings (SSSR count). The first-order valence-corrected chi connectivity index (χ1v) is 8.58. The Morgan fingerprint density at radius 3 is 2.86 bits per heavy atom. The predicted molar refractivity (Wildman–Crippen MR) is 91.2 cm³/mol. The minimum Gasteiger partial charge on any atom is -0.371 e. The average molecular weight is 367 g/mol. The Morgan fingerprint density at radius 1 is 1.33 bits per heavy atom. The topological polar surface area (TPSA) is 57.1 Å². The second-order valence-electron chi connectivity index (χ2n) is 4.88. The minimum atomic E-state index is -0.0182. The van der Waals surface area contributed by atoms with E-state index < -0.39 is 0 Å². The number of amides is 1. The maximum Gasteiger partial charge on any atom is 0.236 e. The van der Waals surface area contributed by atoms with Crippen molar-refractivity contribution in [2.24, 2.45) is 10.2 Å². The zero-order valence-electron chi connectivity index (χ0n) is 11.4. The van der Waals surface area contributed by atoms with Crippen LogP contribution < -0.4 is 10.2 Å². The first kappa shape index (κ1) is 14.6. The average Bonchev–Trinajstić information content (AvgIpc) is 3.12. The molecular weight excluding hydrogens is 352 g/mol. The third kappa shape index (κ3) is 3.65. The van der Waals surface area contributed by atoms with Crippen molar-refractivity contribution in [2.75, 3.05) is 23.7 Å². The Kier molecular flexibility index (Phi) is 4.60. The molecule has 1 aromatic rings. The van der Waals surface area contributed by atoms with E-state index >= 15 is 0 Å². The van der Waals surface area contributed by atoms with E-state index in [1.165, 1.54) is 30.3 Å². The smallest absolute Gasteiger partial charge is 0.236 e. The van der Waals surface area contributed by atoms with Gasteiger partial charge in [-0.1, -0.05) is 33.8 Å². The van der Waals surface area contributed by atoms with Gasteiger partial charge in [0.05, 0.1) is 12.0 Å². The van der Waals surface area contributed by atoms with Gasteiger partial charge in [-0.2, -0.15) is 5.10 Å². The van der Waals surface area contributed by atoms with Crippen LogP contribution in [0.4, 0.5) is 5.69 Å². The van der Waals surface area contributed by atoms with Gasteiger partial charge in [-0.15, -0.1) is 5.10 Å². The van der Waals surface area contributed by atoms with E-state index in [1.54, 1.807) is 6.21 Å². The highest BCUT2D eigenvalue weighted by Gasteiger charge is 2.17. The molecular formula is C14H15BrN4OS. The van der Waals surface area contributed by atoms with Crippen molar-refractivity contribution >= 4 is 50.7 Å². The lowest BCUT2D eigenvalue weighted by Gasteiger charge is -2.20. The Labute approximate surface area is 136 Å². The van der Waals surface area contributed by atoms with Gasteiger partial charge in [-0.3, -0.25) is 4.79 Å². The van der Waals surface area contributed by atoms with Crippen molar-refractivity contribution in [3.05, 3.63) is 28.2 Å². The predicted octanol–water partition coefficient (Wildman–Crippen LogP) is 2.60. The zero-order chi connectivity index (χ0) is 14.7. The van der Waals surface area contributed by atoms with Crippen LogP contribution in [0.3, 0.4) is 0 Å². The third-order valence-corrected chi connectivity index (χ3v) is 4.73. The monoisotopic (exact) mass is 366 g/mol. The molecule has 0 aromatic heterocycles. The summed E-state index contributed by atoms with van der Waals surface area (Å²) in [5.41, 5.74) is 2.22. The molecule has 1 N–H and O–H groups in total. The summed E-state index contributed by atoms with van der Waals surface area (Å²) >= 11 is 4.90. The van der Waals surface area contributed by atoms with E-state index in [9.17, 15) is 4.79 Å². The van der Waals surface area contributed by atoms with Gasteiger partial charge in [0.2, 0.25) is 5.91 Å². The summed E-state index contributed by atoms with van der Waals surface area (Å²) in [5.74, 6) is 0.404. The number of hydrogen-bond acceptors (Lipinski definition) is 5. The number of carbonyl (C=O) groups excluding carboxylic acids is 1.